The van der Waals surface area contributed by atoms with Gasteiger partial charge in [-0.2, -0.15) is 0 Å². The van der Waals surface area contributed by atoms with Gasteiger partial charge in [-0.3, -0.25) is 19.8 Å². The number of carbonyl (C=O) groups excluding carboxylic acids is 3. The van der Waals surface area contributed by atoms with Crippen LogP contribution in [0.5, 0.6) is 0 Å². The second-order valence-electron chi connectivity index (χ2n) is 5.41. The van der Waals surface area contributed by atoms with E-state index in [9.17, 15) is 14.4 Å². The number of benzene rings is 2. The normalized spacial score (nSPS) is 17.0. The fraction of sp³-hybridized carbons (Fsp3) is 0.118. The largest absolute Gasteiger partial charge is 0.287 e. The Kier molecular flexibility index (Phi) is 5.17. The fourth-order valence-corrected chi connectivity index (χ4v) is 2.92. The van der Waals surface area contributed by atoms with E-state index in [0.717, 1.165) is 9.37 Å². The first-order valence-electron chi connectivity index (χ1n) is 7.39. The molecule has 8 heteroatoms. The van der Waals surface area contributed by atoms with Gasteiger partial charge in [0, 0.05) is 15.1 Å². The summed E-state index contributed by atoms with van der Waals surface area (Å²) in [5.74, 6) is -1.19. The van der Waals surface area contributed by atoms with E-state index < -0.39 is 17.9 Å². The highest BCUT2D eigenvalue weighted by Gasteiger charge is 2.39. The SMILES string of the molecule is O=C(NN[C@H]1CC(=O)N(c2ccc(Br)cc2)C1=O)c1cccc(Cl)c1. The summed E-state index contributed by atoms with van der Waals surface area (Å²) in [6.45, 7) is 0. The molecule has 2 aromatic carbocycles. The van der Waals surface area contributed by atoms with E-state index in [1.165, 1.54) is 6.07 Å². The van der Waals surface area contributed by atoms with Gasteiger partial charge in [-0.15, -0.1) is 0 Å². The highest BCUT2D eigenvalue weighted by Crippen LogP contribution is 2.24. The molecule has 3 amide bonds. The third kappa shape index (κ3) is 3.89. The van der Waals surface area contributed by atoms with Gasteiger partial charge in [-0.1, -0.05) is 33.6 Å². The minimum atomic E-state index is -0.820. The third-order valence-corrected chi connectivity index (χ3v) is 4.44. The summed E-state index contributed by atoms with van der Waals surface area (Å²) in [7, 11) is 0. The summed E-state index contributed by atoms with van der Waals surface area (Å²) in [6.07, 6.45) is -0.0370. The van der Waals surface area contributed by atoms with Gasteiger partial charge in [0.15, 0.2) is 0 Å². The molecule has 3 rings (SSSR count). The van der Waals surface area contributed by atoms with E-state index in [4.69, 9.17) is 11.6 Å². The Balaban J connectivity index is 1.66. The Bertz CT molecular complexity index is 841. The van der Waals surface area contributed by atoms with E-state index in [1.807, 2.05) is 0 Å². The van der Waals surface area contributed by atoms with Crippen molar-refractivity contribution >= 4 is 50.9 Å². The van der Waals surface area contributed by atoms with Crippen LogP contribution in [-0.4, -0.2) is 23.8 Å². The first-order chi connectivity index (χ1) is 12.0. The molecule has 0 aromatic heterocycles. The standard InChI is InChI=1S/C17H13BrClN3O3/c18-11-4-6-13(7-5-11)22-15(23)9-14(17(22)25)20-21-16(24)10-2-1-3-12(19)8-10/h1-8,14,20H,9H2,(H,21,24)/t14-/m0/s1. The lowest BCUT2D eigenvalue weighted by Gasteiger charge is -2.16. The van der Waals surface area contributed by atoms with Crippen LogP contribution in [0.4, 0.5) is 5.69 Å². The zero-order valence-corrected chi connectivity index (χ0v) is 15.2. The van der Waals surface area contributed by atoms with E-state index in [-0.39, 0.29) is 12.3 Å². The molecule has 0 bridgehead atoms. The third-order valence-electron chi connectivity index (χ3n) is 3.68. The van der Waals surface area contributed by atoms with Crippen LogP contribution in [0.15, 0.2) is 53.0 Å². The van der Waals surface area contributed by atoms with Crippen molar-refractivity contribution in [2.75, 3.05) is 4.90 Å². The summed E-state index contributed by atoms with van der Waals surface area (Å²) < 4.78 is 0.846. The second-order valence-corrected chi connectivity index (χ2v) is 6.76. The van der Waals surface area contributed by atoms with Gasteiger partial charge in [0.1, 0.15) is 6.04 Å². The maximum absolute atomic E-state index is 12.5. The van der Waals surface area contributed by atoms with Crippen molar-refractivity contribution in [1.29, 1.82) is 0 Å². The average Bonchev–Trinajstić information content (AvgIpc) is 2.87. The van der Waals surface area contributed by atoms with Crippen molar-refractivity contribution in [2.45, 2.75) is 12.5 Å². The molecule has 128 valence electrons. The summed E-state index contributed by atoms with van der Waals surface area (Å²) in [6, 6.07) is 12.4. The van der Waals surface area contributed by atoms with Crippen molar-refractivity contribution in [3.63, 3.8) is 0 Å². The van der Waals surface area contributed by atoms with Gasteiger partial charge in [-0.25, -0.2) is 10.3 Å². The number of nitrogens with one attached hydrogen (secondary N) is 2. The van der Waals surface area contributed by atoms with Crippen LogP contribution in [0.25, 0.3) is 0 Å². The number of hydrogen-bond donors (Lipinski definition) is 2. The number of hydrogen-bond acceptors (Lipinski definition) is 4. The highest BCUT2D eigenvalue weighted by molar-refractivity contribution is 9.10. The predicted octanol–water partition coefficient (Wildman–Crippen LogP) is 2.67. The van der Waals surface area contributed by atoms with E-state index in [1.54, 1.807) is 42.5 Å². The number of amides is 3. The minimum Gasteiger partial charge on any atom is -0.287 e. The Hall–Kier alpha value is -2.22. The molecular formula is C17H13BrClN3O3. The second kappa shape index (κ2) is 7.35. The smallest absolute Gasteiger partial charge is 0.265 e. The Labute approximate surface area is 157 Å². The molecule has 0 aliphatic carbocycles. The quantitative estimate of drug-likeness (QED) is 0.586. The number of hydrazine groups is 1. The van der Waals surface area contributed by atoms with Crippen molar-refractivity contribution in [1.82, 2.24) is 10.9 Å². The Morgan fingerprint density at radius 2 is 1.88 bits per heavy atom. The van der Waals surface area contributed by atoms with E-state index >= 15 is 0 Å². The van der Waals surface area contributed by atoms with Gasteiger partial charge in [0.2, 0.25) is 5.91 Å². The van der Waals surface area contributed by atoms with Crippen LogP contribution >= 0.6 is 27.5 Å². The van der Waals surface area contributed by atoms with Crippen LogP contribution < -0.4 is 15.8 Å². The van der Waals surface area contributed by atoms with Gasteiger partial charge >= 0.3 is 0 Å². The van der Waals surface area contributed by atoms with Crippen molar-refractivity contribution in [3.8, 4) is 0 Å². The van der Waals surface area contributed by atoms with Crippen molar-refractivity contribution in [3.05, 3.63) is 63.6 Å². The zero-order chi connectivity index (χ0) is 18.0. The molecule has 2 aromatic rings. The summed E-state index contributed by atoms with van der Waals surface area (Å²) in [5.41, 5.74) is 5.91. The zero-order valence-electron chi connectivity index (χ0n) is 12.8. The van der Waals surface area contributed by atoms with E-state index in [2.05, 4.69) is 26.8 Å². The maximum atomic E-state index is 12.5. The predicted molar refractivity (Wildman–Crippen MR) is 97.1 cm³/mol. The summed E-state index contributed by atoms with van der Waals surface area (Å²) >= 11 is 9.15. The average molecular weight is 423 g/mol. The molecule has 1 atom stereocenters. The Morgan fingerprint density at radius 1 is 1.16 bits per heavy atom. The Morgan fingerprint density at radius 3 is 2.56 bits per heavy atom. The molecule has 1 aliphatic rings. The van der Waals surface area contributed by atoms with Crippen LogP contribution in [0.1, 0.15) is 16.8 Å². The number of imide groups is 1. The first kappa shape index (κ1) is 17.6. The summed E-state index contributed by atoms with van der Waals surface area (Å²) in [4.78, 5) is 37.8. The molecule has 6 nitrogen and oxygen atoms in total. The van der Waals surface area contributed by atoms with Crippen LogP contribution in [0, 0.1) is 0 Å². The topological polar surface area (TPSA) is 78.5 Å². The number of anilines is 1. The van der Waals surface area contributed by atoms with E-state index in [0.29, 0.717) is 16.3 Å². The number of rotatable bonds is 4. The van der Waals surface area contributed by atoms with Gasteiger partial charge in [0.05, 0.1) is 12.1 Å². The molecule has 25 heavy (non-hydrogen) atoms. The van der Waals surface area contributed by atoms with Crippen LogP contribution in [0.2, 0.25) is 5.02 Å². The lowest BCUT2D eigenvalue weighted by Crippen LogP contribution is -2.48. The molecule has 0 radical (unpaired) electrons. The number of nitrogens with zero attached hydrogens (tertiary/aromatic N) is 1. The molecule has 1 saturated heterocycles. The van der Waals surface area contributed by atoms with Gasteiger partial charge in [-0.05, 0) is 42.5 Å². The molecular weight excluding hydrogens is 410 g/mol. The van der Waals surface area contributed by atoms with Gasteiger partial charge < -0.3 is 0 Å². The van der Waals surface area contributed by atoms with Crippen molar-refractivity contribution < 1.29 is 14.4 Å². The molecule has 1 fully saturated rings. The molecule has 2 N–H and O–H groups in total. The monoisotopic (exact) mass is 421 g/mol. The number of halogens is 2. The highest BCUT2D eigenvalue weighted by atomic mass is 79.9. The molecule has 0 saturated carbocycles. The minimum absolute atomic E-state index is 0.0370. The lowest BCUT2D eigenvalue weighted by atomic mass is 10.2. The molecule has 0 spiro atoms. The summed E-state index contributed by atoms with van der Waals surface area (Å²) in [5, 5.41) is 0.432. The maximum Gasteiger partial charge on any atom is 0.265 e. The van der Waals surface area contributed by atoms with Crippen molar-refractivity contribution in [2.24, 2.45) is 0 Å². The first-order valence-corrected chi connectivity index (χ1v) is 8.56. The molecule has 1 aliphatic heterocycles. The lowest BCUT2D eigenvalue weighted by molar-refractivity contribution is -0.121. The van der Waals surface area contributed by atoms with Crippen LogP contribution in [-0.2, 0) is 9.59 Å². The molecule has 0 unspecified atom stereocenters. The fourth-order valence-electron chi connectivity index (χ4n) is 2.46. The number of carbonyl (C=O) groups is 3. The van der Waals surface area contributed by atoms with Crippen LogP contribution in [0.3, 0.4) is 0 Å². The van der Waals surface area contributed by atoms with Gasteiger partial charge in [0.25, 0.3) is 11.8 Å². The molecule has 1 heterocycles.